The van der Waals surface area contributed by atoms with Crippen LogP contribution in [-0.2, 0) is 0 Å². The quantitative estimate of drug-likeness (QED) is 0.470. The Hall–Kier alpha value is -3.71. The summed E-state index contributed by atoms with van der Waals surface area (Å²) in [6.07, 6.45) is 3.25. The number of aromatic nitrogens is 3. The average molecular weight is 387 g/mol. The van der Waals surface area contributed by atoms with E-state index in [0.29, 0.717) is 26.8 Å². The summed E-state index contributed by atoms with van der Waals surface area (Å²) in [6.45, 7) is 0. The fourth-order valence-corrected chi connectivity index (χ4v) is 3.69. The zero-order valence-corrected chi connectivity index (χ0v) is 15.3. The molecule has 3 aromatic heterocycles. The van der Waals surface area contributed by atoms with E-state index in [1.165, 1.54) is 15.9 Å². The Kier molecular flexibility index (Phi) is 3.99. The highest BCUT2D eigenvalue weighted by Gasteiger charge is 2.15. The Balaban J connectivity index is 1.57. The van der Waals surface area contributed by atoms with Gasteiger partial charge in [-0.25, -0.2) is 0 Å². The van der Waals surface area contributed by atoms with E-state index in [1.807, 2.05) is 54.6 Å². The van der Waals surface area contributed by atoms with Crippen LogP contribution in [0.5, 0.6) is 11.5 Å². The molecule has 0 saturated heterocycles. The zero-order valence-electron chi connectivity index (χ0n) is 14.5. The second kappa shape index (κ2) is 6.79. The molecule has 0 N–H and O–H groups in total. The normalized spacial score (nSPS) is 11.9. The summed E-state index contributed by atoms with van der Waals surface area (Å²) in [5.41, 5.74) is 0.495. The van der Waals surface area contributed by atoms with Gasteiger partial charge in [-0.1, -0.05) is 41.7 Å². The maximum Gasteiger partial charge on any atom is 0.291 e. The van der Waals surface area contributed by atoms with Crippen LogP contribution in [0, 0.1) is 0 Å². The third-order valence-corrected chi connectivity index (χ3v) is 5.06. The second-order valence-corrected chi connectivity index (χ2v) is 6.98. The van der Waals surface area contributed by atoms with E-state index in [4.69, 9.17) is 9.15 Å². The molecule has 6 nitrogen and oxygen atoms in total. The molecular weight excluding hydrogens is 374 g/mol. The lowest BCUT2D eigenvalue weighted by atomic mass is 10.2. The van der Waals surface area contributed by atoms with Gasteiger partial charge in [0.15, 0.2) is 5.82 Å². The van der Waals surface area contributed by atoms with Gasteiger partial charge >= 0.3 is 0 Å². The first-order valence-electron chi connectivity index (χ1n) is 8.55. The van der Waals surface area contributed by atoms with Crippen LogP contribution in [-0.4, -0.2) is 14.6 Å². The summed E-state index contributed by atoms with van der Waals surface area (Å²) in [6, 6.07) is 20.6. The number of thiazole rings is 1. The number of hydrogen-bond donors (Lipinski definition) is 0. The molecule has 136 valence electrons. The molecule has 5 aromatic rings. The molecule has 3 heterocycles. The van der Waals surface area contributed by atoms with Crippen LogP contribution in [0.4, 0.5) is 0 Å². The number of benzene rings is 2. The second-order valence-electron chi connectivity index (χ2n) is 5.97. The summed E-state index contributed by atoms with van der Waals surface area (Å²) in [7, 11) is 0. The van der Waals surface area contributed by atoms with Crippen molar-refractivity contribution in [2.75, 3.05) is 0 Å². The van der Waals surface area contributed by atoms with Gasteiger partial charge in [0.25, 0.3) is 5.56 Å². The fraction of sp³-hybridized carbons (Fsp3) is 0. The van der Waals surface area contributed by atoms with Crippen molar-refractivity contribution in [3.05, 3.63) is 93.6 Å². The number of ether oxygens (including phenoxy) is 1. The van der Waals surface area contributed by atoms with E-state index >= 15 is 0 Å². The summed E-state index contributed by atoms with van der Waals surface area (Å²) >= 11 is 1.27. The van der Waals surface area contributed by atoms with Crippen molar-refractivity contribution in [1.29, 1.82) is 0 Å². The van der Waals surface area contributed by atoms with Crippen molar-refractivity contribution < 1.29 is 9.15 Å². The van der Waals surface area contributed by atoms with E-state index in [-0.39, 0.29) is 5.56 Å². The van der Waals surface area contributed by atoms with E-state index in [1.54, 1.807) is 24.5 Å². The maximum atomic E-state index is 12.6. The molecule has 0 aliphatic heterocycles. The van der Waals surface area contributed by atoms with Crippen LogP contribution in [0.1, 0.15) is 5.76 Å². The predicted octanol–water partition coefficient (Wildman–Crippen LogP) is 3.75. The summed E-state index contributed by atoms with van der Waals surface area (Å²) in [5.74, 6) is 2.40. The van der Waals surface area contributed by atoms with Crippen molar-refractivity contribution in [2.24, 2.45) is 0 Å². The minimum atomic E-state index is -0.225. The van der Waals surface area contributed by atoms with Gasteiger partial charge in [0, 0.05) is 6.08 Å². The monoisotopic (exact) mass is 387 g/mol. The molecule has 0 fully saturated rings. The number of fused-ring (bicyclic) bond motifs is 1. The van der Waals surface area contributed by atoms with E-state index in [2.05, 4.69) is 10.1 Å². The van der Waals surface area contributed by atoms with Crippen LogP contribution in [0.15, 0.2) is 82.2 Å². The zero-order chi connectivity index (χ0) is 18.9. The van der Waals surface area contributed by atoms with Crippen LogP contribution in [0.2, 0.25) is 0 Å². The first-order chi connectivity index (χ1) is 13.8. The molecule has 0 spiro atoms. The third kappa shape index (κ3) is 2.97. The van der Waals surface area contributed by atoms with Gasteiger partial charge in [0.2, 0.25) is 4.96 Å². The van der Waals surface area contributed by atoms with Gasteiger partial charge in [-0.05, 0) is 36.4 Å². The van der Waals surface area contributed by atoms with E-state index in [0.717, 1.165) is 11.3 Å². The molecule has 2 aromatic carbocycles. The lowest BCUT2D eigenvalue weighted by Crippen LogP contribution is -2.23. The first kappa shape index (κ1) is 16.5. The van der Waals surface area contributed by atoms with Crippen molar-refractivity contribution in [3.8, 4) is 22.9 Å². The smallest absolute Gasteiger partial charge is 0.291 e. The molecular formula is C21H13N3O3S. The van der Waals surface area contributed by atoms with Crippen molar-refractivity contribution >= 4 is 22.4 Å². The Morgan fingerprint density at radius 2 is 1.82 bits per heavy atom. The lowest BCUT2D eigenvalue weighted by Gasteiger charge is -2.08. The Morgan fingerprint density at radius 1 is 1.00 bits per heavy atom. The molecule has 5 rings (SSSR count). The van der Waals surface area contributed by atoms with Crippen molar-refractivity contribution in [3.63, 3.8) is 0 Å². The molecule has 0 saturated carbocycles. The Bertz CT molecular complexity index is 1360. The van der Waals surface area contributed by atoms with Crippen LogP contribution < -0.4 is 14.8 Å². The molecule has 0 aliphatic carbocycles. The summed E-state index contributed by atoms with van der Waals surface area (Å²) in [4.78, 5) is 17.7. The maximum absolute atomic E-state index is 12.6. The van der Waals surface area contributed by atoms with E-state index < -0.39 is 0 Å². The van der Waals surface area contributed by atoms with Gasteiger partial charge in [-0.3, -0.25) is 4.79 Å². The first-order valence-corrected chi connectivity index (χ1v) is 9.37. The molecule has 0 atom stereocenters. The largest absolute Gasteiger partial charge is 0.465 e. The predicted molar refractivity (Wildman–Crippen MR) is 107 cm³/mol. The molecule has 7 heteroatoms. The van der Waals surface area contributed by atoms with Gasteiger partial charge in [0.1, 0.15) is 21.8 Å². The van der Waals surface area contributed by atoms with Crippen molar-refractivity contribution in [1.82, 2.24) is 14.6 Å². The van der Waals surface area contributed by atoms with Crippen molar-refractivity contribution in [2.45, 2.75) is 0 Å². The Labute approximate surface area is 163 Å². The minimum Gasteiger partial charge on any atom is -0.465 e. The molecule has 0 unspecified atom stereocenters. The van der Waals surface area contributed by atoms with Gasteiger partial charge in [0.05, 0.1) is 11.8 Å². The number of furan rings is 1. The topological polar surface area (TPSA) is 69.6 Å². The molecule has 0 radical (unpaired) electrons. The third-order valence-electron chi connectivity index (χ3n) is 4.10. The molecule has 0 amide bonds. The number of para-hydroxylation sites is 2. The highest BCUT2D eigenvalue weighted by molar-refractivity contribution is 7.15. The van der Waals surface area contributed by atoms with E-state index in [9.17, 15) is 4.79 Å². The number of hydrogen-bond acceptors (Lipinski definition) is 6. The molecule has 28 heavy (non-hydrogen) atoms. The molecule has 0 bridgehead atoms. The summed E-state index contributed by atoms with van der Waals surface area (Å²) in [5, 5.41) is 4.41. The Morgan fingerprint density at radius 3 is 2.61 bits per heavy atom. The van der Waals surface area contributed by atoms with Crippen LogP contribution in [0.25, 0.3) is 22.4 Å². The number of nitrogens with zero attached hydrogens (tertiary/aromatic N) is 3. The SMILES string of the molecule is O=c1/c(=C/c2ccco2)sc2nc(-c3ccccc3Oc3ccccc3)nn12. The average Bonchev–Trinajstić information content (AvgIpc) is 3.43. The van der Waals surface area contributed by atoms with Gasteiger partial charge < -0.3 is 9.15 Å². The fourth-order valence-electron chi connectivity index (χ4n) is 2.81. The standard InChI is InChI=1S/C21H13N3O3S/c25-20-18(13-15-9-6-12-26-15)28-21-22-19(23-24(20)21)16-10-4-5-11-17(16)27-14-7-2-1-3-8-14/h1-13H/b18-13-. The van der Waals surface area contributed by atoms with Gasteiger partial charge in [-0.2, -0.15) is 9.50 Å². The number of rotatable bonds is 4. The van der Waals surface area contributed by atoms with Crippen LogP contribution >= 0.6 is 11.3 Å². The molecule has 0 aliphatic rings. The lowest BCUT2D eigenvalue weighted by molar-refractivity contribution is 0.484. The van der Waals surface area contributed by atoms with Crippen LogP contribution in [0.3, 0.4) is 0 Å². The minimum absolute atomic E-state index is 0.225. The highest BCUT2D eigenvalue weighted by Crippen LogP contribution is 2.31. The van der Waals surface area contributed by atoms with Gasteiger partial charge in [-0.15, -0.1) is 5.10 Å². The highest BCUT2D eigenvalue weighted by atomic mass is 32.1. The summed E-state index contributed by atoms with van der Waals surface area (Å²) < 4.78 is 13.1.